The molecule has 1 saturated carbocycles. The van der Waals surface area contributed by atoms with Crippen molar-refractivity contribution < 1.29 is 4.74 Å². The standard InChI is InChI=1S/C27H30N6O/c28-26-25-24(21-8-4-9-23(15-21)34-17-19-6-2-1-3-7-19)31-27(33(25)30-18-29-26)22-11-10-20(14-22)16-32-12-5-13-32/h1-4,6-9,15,18,20,22H,5,10-14,16-17H2,(H2,28,29,30). The van der Waals surface area contributed by atoms with Gasteiger partial charge in [0.2, 0.25) is 0 Å². The fourth-order valence-corrected chi connectivity index (χ4v) is 5.32. The minimum atomic E-state index is 0.388. The van der Waals surface area contributed by atoms with Gasteiger partial charge < -0.3 is 15.4 Å². The molecule has 7 nitrogen and oxygen atoms in total. The van der Waals surface area contributed by atoms with Crippen LogP contribution in [0.1, 0.15) is 43.0 Å². The third-order valence-corrected chi connectivity index (χ3v) is 7.21. The fourth-order valence-electron chi connectivity index (χ4n) is 5.32. The lowest BCUT2D eigenvalue weighted by Crippen LogP contribution is -2.40. The van der Waals surface area contributed by atoms with Crippen molar-refractivity contribution in [2.45, 2.75) is 38.2 Å². The normalized spacial score (nSPS) is 20.5. The average molecular weight is 455 g/mol. The van der Waals surface area contributed by atoms with Gasteiger partial charge in [0.05, 0.1) is 0 Å². The first-order valence-electron chi connectivity index (χ1n) is 12.2. The largest absolute Gasteiger partial charge is 0.489 e. The SMILES string of the molecule is Nc1ncnn2c(C3CCC(CN4CCC4)C3)nc(-c3cccc(OCc4ccccc4)c3)c12. The van der Waals surface area contributed by atoms with E-state index in [2.05, 4.69) is 33.2 Å². The Morgan fingerprint density at radius 1 is 1.03 bits per heavy atom. The maximum absolute atomic E-state index is 6.35. The molecule has 2 aromatic carbocycles. The van der Waals surface area contributed by atoms with Crippen molar-refractivity contribution in [3.8, 4) is 17.0 Å². The lowest BCUT2D eigenvalue weighted by atomic mass is 10.0. The Hall–Kier alpha value is -3.45. The van der Waals surface area contributed by atoms with E-state index >= 15 is 0 Å². The van der Waals surface area contributed by atoms with Gasteiger partial charge in [-0.1, -0.05) is 42.5 Å². The molecule has 1 aliphatic carbocycles. The summed E-state index contributed by atoms with van der Waals surface area (Å²) in [5.41, 5.74) is 10.1. The first-order valence-corrected chi connectivity index (χ1v) is 12.2. The van der Waals surface area contributed by atoms with E-state index < -0.39 is 0 Å². The molecule has 2 unspecified atom stereocenters. The third kappa shape index (κ3) is 4.12. The van der Waals surface area contributed by atoms with Gasteiger partial charge in [-0.2, -0.15) is 5.10 Å². The third-order valence-electron chi connectivity index (χ3n) is 7.21. The van der Waals surface area contributed by atoms with Crippen molar-refractivity contribution in [2.75, 3.05) is 25.4 Å². The Morgan fingerprint density at radius 2 is 1.91 bits per heavy atom. The first-order chi connectivity index (χ1) is 16.7. The highest BCUT2D eigenvalue weighted by Crippen LogP contribution is 2.41. The predicted molar refractivity (Wildman–Crippen MR) is 133 cm³/mol. The van der Waals surface area contributed by atoms with Crippen LogP contribution < -0.4 is 10.5 Å². The molecule has 2 aromatic heterocycles. The van der Waals surface area contributed by atoms with Crippen LogP contribution >= 0.6 is 0 Å². The number of rotatable bonds is 7. The van der Waals surface area contributed by atoms with Crippen LogP contribution in [0.3, 0.4) is 0 Å². The summed E-state index contributed by atoms with van der Waals surface area (Å²) >= 11 is 0. The Kier molecular flexibility index (Phi) is 5.63. The summed E-state index contributed by atoms with van der Waals surface area (Å²) < 4.78 is 7.99. The molecule has 34 heavy (non-hydrogen) atoms. The molecule has 2 atom stereocenters. The zero-order valence-corrected chi connectivity index (χ0v) is 19.3. The first kappa shape index (κ1) is 21.1. The molecular formula is C27H30N6O. The second-order valence-electron chi connectivity index (χ2n) is 9.56. The number of anilines is 1. The van der Waals surface area contributed by atoms with Gasteiger partial charge >= 0.3 is 0 Å². The molecule has 0 amide bonds. The Labute approximate surface area is 199 Å². The minimum absolute atomic E-state index is 0.388. The van der Waals surface area contributed by atoms with E-state index in [0.29, 0.717) is 18.3 Å². The highest BCUT2D eigenvalue weighted by molar-refractivity contribution is 5.85. The topological polar surface area (TPSA) is 81.6 Å². The number of nitrogen functional groups attached to an aromatic ring is 1. The molecule has 3 heterocycles. The van der Waals surface area contributed by atoms with Gasteiger partial charge in [-0.15, -0.1) is 0 Å². The van der Waals surface area contributed by atoms with Gasteiger partial charge in [-0.05, 0) is 62.4 Å². The molecular weight excluding hydrogens is 424 g/mol. The van der Waals surface area contributed by atoms with Gasteiger partial charge in [0.25, 0.3) is 0 Å². The van der Waals surface area contributed by atoms with E-state index in [-0.39, 0.29) is 0 Å². The highest BCUT2D eigenvalue weighted by Gasteiger charge is 2.32. The van der Waals surface area contributed by atoms with Crippen LogP contribution in [0.4, 0.5) is 5.82 Å². The number of ether oxygens (including phenoxy) is 1. The Balaban J connectivity index is 1.29. The summed E-state index contributed by atoms with van der Waals surface area (Å²) in [6.45, 7) is 4.24. The summed E-state index contributed by atoms with van der Waals surface area (Å²) in [6.07, 6.45) is 6.41. The summed E-state index contributed by atoms with van der Waals surface area (Å²) in [5, 5.41) is 4.57. The summed E-state index contributed by atoms with van der Waals surface area (Å²) in [7, 11) is 0. The quantitative estimate of drug-likeness (QED) is 0.441. The number of hydrogen-bond acceptors (Lipinski definition) is 6. The van der Waals surface area contributed by atoms with E-state index in [1.165, 1.54) is 38.8 Å². The summed E-state index contributed by atoms with van der Waals surface area (Å²) in [6, 6.07) is 18.2. The van der Waals surface area contributed by atoms with E-state index in [1.54, 1.807) is 0 Å². The monoisotopic (exact) mass is 454 g/mol. The smallest absolute Gasteiger partial charge is 0.153 e. The average Bonchev–Trinajstić information content (AvgIpc) is 3.46. The van der Waals surface area contributed by atoms with Crippen LogP contribution in [0, 0.1) is 5.92 Å². The molecule has 6 rings (SSSR count). The molecule has 174 valence electrons. The number of nitrogens with zero attached hydrogens (tertiary/aromatic N) is 5. The van der Waals surface area contributed by atoms with Gasteiger partial charge in [0, 0.05) is 18.0 Å². The minimum Gasteiger partial charge on any atom is -0.489 e. The maximum Gasteiger partial charge on any atom is 0.153 e. The van der Waals surface area contributed by atoms with Gasteiger partial charge in [0.15, 0.2) is 5.82 Å². The van der Waals surface area contributed by atoms with Crippen LogP contribution in [0.2, 0.25) is 0 Å². The molecule has 0 spiro atoms. The van der Waals surface area contributed by atoms with E-state index in [0.717, 1.165) is 52.7 Å². The molecule has 4 aromatic rings. The van der Waals surface area contributed by atoms with Crippen molar-refractivity contribution in [3.63, 3.8) is 0 Å². The Morgan fingerprint density at radius 3 is 2.74 bits per heavy atom. The van der Waals surface area contributed by atoms with E-state index in [9.17, 15) is 0 Å². The zero-order valence-electron chi connectivity index (χ0n) is 19.3. The molecule has 2 N–H and O–H groups in total. The van der Waals surface area contributed by atoms with Gasteiger partial charge in [-0.25, -0.2) is 14.5 Å². The second-order valence-corrected chi connectivity index (χ2v) is 9.56. The molecule has 1 aliphatic heterocycles. The van der Waals surface area contributed by atoms with Crippen molar-refractivity contribution in [3.05, 3.63) is 72.3 Å². The number of hydrogen-bond donors (Lipinski definition) is 1. The van der Waals surface area contributed by atoms with Crippen LogP contribution in [0.5, 0.6) is 5.75 Å². The summed E-state index contributed by atoms with van der Waals surface area (Å²) in [5.74, 6) is 3.37. The zero-order chi connectivity index (χ0) is 22.9. The molecule has 0 radical (unpaired) electrons. The number of nitrogens with two attached hydrogens (primary N) is 1. The van der Waals surface area contributed by atoms with Crippen LogP contribution in [0.15, 0.2) is 60.9 Å². The maximum atomic E-state index is 6.35. The van der Waals surface area contributed by atoms with Crippen LogP contribution in [0.25, 0.3) is 16.8 Å². The van der Waals surface area contributed by atoms with Crippen LogP contribution in [-0.2, 0) is 6.61 Å². The number of imidazole rings is 1. The number of likely N-dealkylation sites (tertiary alicyclic amines) is 1. The molecule has 2 aliphatic rings. The predicted octanol–water partition coefficient (Wildman–Crippen LogP) is 4.54. The molecule has 7 heteroatoms. The Bertz CT molecular complexity index is 1280. The van der Waals surface area contributed by atoms with Gasteiger partial charge in [-0.3, -0.25) is 0 Å². The lowest BCUT2D eigenvalue weighted by molar-refractivity contribution is 0.152. The highest BCUT2D eigenvalue weighted by atomic mass is 16.5. The second kappa shape index (κ2) is 9.06. The van der Waals surface area contributed by atoms with Crippen molar-refractivity contribution in [1.29, 1.82) is 0 Å². The number of fused-ring (bicyclic) bond motifs is 1. The van der Waals surface area contributed by atoms with Crippen molar-refractivity contribution >= 4 is 11.3 Å². The van der Waals surface area contributed by atoms with Crippen molar-refractivity contribution in [2.24, 2.45) is 5.92 Å². The summed E-state index contributed by atoms with van der Waals surface area (Å²) in [4.78, 5) is 12.0. The van der Waals surface area contributed by atoms with E-state index in [1.807, 2.05) is 40.9 Å². The van der Waals surface area contributed by atoms with Crippen LogP contribution in [-0.4, -0.2) is 44.1 Å². The molecule has 2 fully saturated rings. The molecule has 0 bridgehead atoms. The van der Waals surface area contributed by atoms with Crippen molar-refractivity contribution in [1.82, 2.24) is 24.5 Å². The number of benzene rings is 2. The lowest BCUT2D eigenvalue weighted by Gasteiger charge is -2.33. The number of aromatic nitrogens is 4. The van der Waals surface area contributed by atoms with Gasteiger partial charge in [0.1, 0.15) is 35.7 Å². The van der Waals surface area contributed by atoms with E-state index in [4.69, 9.17) is 15.5 Å². The molecule has 1 saturated heterocycles. The fraction of sp³-hybridized carbons (Fsp3) is 0.370.